The van der Waals surface area contributed by atoms with E-state index < -0.39 is 0 Å². The Hall–Kier alpha value is -2.28. The number of halogens is 1. The first-order valence-corrected chi connectivity index (χ1v) is 12.5. The van der Waals surface area contributed by atoms with Crippen LogP contribution in [0.15, 0.2) is 48.5 Å². The normalized spacial score (nSPS) is 23.1. The Balaban J connectivity index is 1.27. The van der Waals surface area contributed by atoms with E-state index in [1.807, 2.05) is 18.2 Å². The second kappa shape index (κ2) is 10.3. The summed E-state index contributed by atoms with van der Waals surface area (Å²) in [6.45, 7) is 7.97. The SMILES string of the molecule is O=C(NCCCN1CCOCC1)[C@H]1Cc2ccccc2N2CCN(c3cccc(Cl)c3)C[C@H]12. The molecule has 33 heavy (non-hydrogen) atoms. The van der Waals surface area contributed by atoms with Gasteiger partial charge in [-0.25, -0.2) is 0 Å². The van der Waals surface area contributed by atoms with E-state index in [1.54, 1.807) is 0 Å². The number of nitrogens with zero attached hydrogens (tertiary/aromatic N) is 3. The minimum atomic E-state index is -0.0646. The standard InChI is InChI=1S/C26H33ClN4O2/c27-21-6-3-7-22(18-21)30-11-12-31-24-8-2-1-5-20(24)17-23(25(31)19-30)26(32)28-9-4-10-29-13-15-33-16-14-29/h1-3,5-8,18,23,25H,4,9-17,19H2,(H,28,32)/t23-,25+/m0/s1. The van der Waals surface area contributed by atoms with Crippen LogP contribution in [0.4, 0.5) is 11.4 Å². The first-order chi connectivity index (χ1) is 16.2. The zero-order valence-corrected chi connectivity index (χ0v) is 19.8. The number of benzene rings is 2. The average Bonchev–Trinajstić information content (AvgIpc) is 2.86. The number of carbonyl (C=O) groups excluding carboxylic acids is 1. The fourth-order valence-electron chi connectivity index (χ4n) is 5.43. The molecule has 3 aliphatic rings. The summed E-state index contributed by atoms with van der Waals surface area (Å²) in [6.07, 6.45) is 1.76. The molecule has 0 radical (unpaired) electrons. The van der Waals surface area contributed by atoms with Crippen LogP contribution < -0.4 is 15.1 Å². The molecule has 2 saturated heterocycles. The van der Waals surface area contributed by atoms with E-state index in [0.717, 1.165) is 82.6 Å². The number of hydrogen-bond donors (Lipinski definition) is 1. The number of rotatable bonds is 6. The second-order valence-corrected chi connectivity index (χ2v) is 9.66. The first kappa shape index (κ1) is 22.5. The van der Waals surface area contributed by atoms with Gasteiger partial charge >= 0.3 is 0 Å². The van der Waals surface area contributed by atoms with Crippen molar-refractivity contribution in [1.82, 2.24) is 10.2 Å². The summed E-state index contributed by atoms with van der Waals surface area (Å²) in [5, 5.41) is 4.00. The Kier molecular flexibility index (Phi) is 7.04. The van der Waals surface area contributed by atoms with E-state index in [4.69, 9.17) is 16.3 Å². The zero-order valence-electron chi connectivity index (χ0n) is 19.1. The van der Waals surface area contributed by atoms with Crippen molar-refractivity contribution in [3.63, 3.8) is 0 Å². The minimum Gasteiger partial charge on any atom is -0.379 e. The number of amides is 1. The third-order valence-electron chi connectivity index (χ3n) is 7.19. The second-order valence-electron chi connectivity index (χ2n) is 9.22. The fourth-order valence-corrected chi connectivity index (χ4v) is 5.62. The molecule has 3 aliphatic heterocycles. The molecule has 0 bridgehead atoms. The molecule has 176 valence electrons. The van der Waals surface area contributed by atoms with E-state index in [2.05, 4.69) is 50.3 Å². The molecule has 5 rings (SSSR count). The predicted octanol–water partition coefficient (Wildman–Crippen LogP) is 3.05. The molecular weight excluding hydrogens is 436 g/mol. The van der Waals surface area contributed by atoms with Gasteiger partial charge in [-0.1, -0.05) is 35.9 Å². The quantitative estimate of drug-likeness (QED) is 0.660. The maximum absolute atomic E-state index is 13.4. The molecular formula is C26H33ClN4O2. The monoisotopic (exact) mass is 468 g/mol. The Labute approximate surface area is 201 Å². The molecule has 2 aromatic carbocycles. The summed E-state index contributed by atoms with van der Waals surface area (Å²) in [5.74, 6) is 0.111. The molecule has 2 atom stereocenters. The number of anilines is 2. The molecule has 7 heteroatoms. The van der Waals surface area contributed by atoms with Gasteiger partial charge in [0.05, 0.1) is 25.2 Å². The van der Waals surface area contributed by atoms with E-state index in [9.17, 15) is 4.79 Å². The molecule has 1 N–H and O–H groups in total. The Morgan fingerprint density at radius 1 is 1.06 bits per heavy atom. The minimum absolute atomic E-state index is 0.0646. The van der Waals surface area contributed by atoms with Crippen LogP contribution >= 0.6 is 11.6 Å². The van der Waals surface area contributed by atoms with E-state index in [-0.39, 0.29) is 17.9 Å². The third-order valence-corrected chi connectivity index (χ3v) is 7.42. The predicted molar refractivity (Wildman–Crippen MR) is 133 cm³/mol. The highest BCUT2D eigenvalue weighted by Crippen LogP contribution is 2.37. The lowest BCUT2D eigenvalue weighted by atomic mass is 9.83. The van der Waals surface area contributed by atoms with Crippen molar-refractivity contribution in [1.29, 1.82) is 0 Å². The molecule has 2 fully saturated rings. The number of para-hydroxylation sites is 1. The van der Waals surface area contributed by atoms with Gasteiger partial charge in [-0.15, -0.1) is 0 Å². The van der Waals surface area contributed by atoms with Gasteiger partial charge in [-0.05, 0) is 49.2 Å². The highest BCUT2D eigenvalue weighted by Gasteiger charge is 2.41. The summed E-state index contributed by atoms with van der Waals surface area (Å²) in [4.78, 5) is 20.6. The van der Waals surface area contributed by atoms with Gasteiger partial charge in [-0.3, -0.25) is 9.69 Å². The molecule has 3 heterocycles. The number of carbonyl (C=O) groups is 1. The lowest BCUT2D eigenvalue weighted by Gasteiger charge is -2.49. The number of morpholine rings is 1. The maximum atomic E-state index is 13.4. The van der Waals surface area contributed by atoms with Gasteiger partial charge in [0.1, 0.15) is 0 Å². The van der Waals surface area contributed by atoms with Crippen LogP contribution in [-0.2, 0) is 16.0 Å². The van der Waals surface area contributed by atoms with Crippen LogP contribution in [0.3, 0.4) is 0 Å². The van der Waals surface area contributed by atoms with Crippen LogP contribution in [0, 0.1) is 5.92 Å². The van der Waals surface area contributed by atoms with Gasteiger partial charge in [0.25, 0.3) is 0 Å². The van der Waals surface area contributed by atoms with Gasteiger partial charge in [0.2, 0.25) is 5.91 Å². The lowest BCUT2D eigenvalue weighted by molar-refractivity contribution is -0.125. The Morgan fingerprint density at radius 3 is 2.76 bits per heavy atom. The largest absolute Gasteiger partial charge is 0.379 e. The third kappa shape index (κ3) is 5.13. The summed E-state index contributed by atoms with van der Waals surface area (Å²) in [6, 6.07) is 16.7. The topological polar surface area (TPSA) is 48.1 Å². The van der Waals surface area contributed by atoms with E-state index >= 15 is 0 Å². The molecule has 6 nitrogen and oxygen atoms in total. The maximum Gasteiger partial charge on any atom is 0.225 e. The average molecular weight is 469 g/mol. The van der Waals surface area contributed by atoms with Crippen molar-refractivity contribution in [2.24, 2.45) is 5.92 Å². The summed E-state index contributed by atoms with van der Waals surface area (Å²) >= 11 is 6.26. The van der Waals surface area contributed by atoms with E-state index in [0.29, 0.717) is 0 Å². The number of ether oxygens (including phenoxy) is 1. The summed E-state index contributed by atoms with van der Waals surface area (Å²) < 4.78 is 5.42. The molecule has 0 unspecified atom stereocenters. The molecule has 0 aromatic heterocycles. The number of fused-ring (bicyclic) bond motifs is 3. The lowest BCUT2D eigenvalue weighted by Crippen LogP contribution is -2.61. The van der Waals surface area contributed by atoms with Crippen molar-refractivity contribution in [3.8, 4) is 0 Å². The van der Waals surface area contributed by atoms with Crippen molar-refractivity contribution in [2.45, 2.75) is 18.9 Å². The molecule has 1 amide bonds. The molecule has 0 spiro atoms. The van der Waals surface area contributed by atoms with Crippen LogP contribution in [0.1, 0.15) is 12.0 Å². The van der Waals surface area contributed by atoms with Crippen LogP contribution in [0.25, 0.3) is 0 Å². The van der Waals surface area contributed by atoms with Crippen molar-refractivity contribution in [2.75, 3.05) is 68.8 Å². The first-order valence-electron chi connectivity index (χ1n) is 12.1. The van der Waals surface area contributed by atoms with Crippen LogP contribution in [0.5, 0.6) is 0 Å². The number of nitrogens with one attached hydrogen (secondary N) is 1. The highest BCUT2D eigenvalue weighted by molar-refractivity contribution is 6.30. The number of hydrogen-bond acceptors (Lipinski definition) is 5. The van der Waals surface area contributed by atoms with Crippen LogP contribution in [-0.4, -0.2) is 75.9 Å². The zero-order chi connectivity index (χ0) is 22.6. The smallest absolute Gasteiger partial charge is 0.225 e. The molecule has 0 aliphatic carbocycles. The van der Waals surface area contributed by atoms with Gasteiger partial charge in [0, 0.05) is 55.7 Å². The van der Waals surface area contributed by atoms with Crippen molar-refractivity contribution in [3.05, 3.63) is 59.1 Å². The highest BCUT2D eigenvalue weighted by atomic mass is 35.5. The van der Waals surface area contributed by atoms with Gasteiger partial charge in [0.15, 0.2) is 0 Å². The molecule has 0 saturated carbocycles. The van der Waals surface area contributed by atoms with Crippen LogP contribution in [0.2, 0.25) is 5.02 Å². The fraction of sp³-hybridized carbons (Fsp3) is 0.500. The number of piperazine rings is 1. The summed E-state index contributed by atoms with van der Waals surface area (Å²) in [7, 11) is 0. The van der Waals surface area contributed by atoms with E-state index in [1.165, 1.54) is 11.3 Å². The van der Waals surface area contributed by atoms with Crippen molar-refractivity contribution < 1.29 is 9.53 Å². The Bertz CT molecular complexity index is 965. The van der Waals surface area contributed by atoms with Gasteiger partial charge in [-0.2, -0.15) is 0 Å². The summed E-state index contributed by atoms with van der Waals surface area (Å²) in [5.41, 5.74) is 3.69. The van der Waals surface area contributed by atoms with Crippen molar-refractivity contribution >= 4 is 28.9 Å². The molecule has 2 aromatic rings. The Morgan fingerprint density at radius 2 is 1.91 bits per heavy atom. The van der Waals surface area contributed by atoms with Gasteiger partial charge < -0.3 is 19.9 Å².